The number of nitrogens with zero attached hydrogens (tertiary/aromatic N) is 1. The Morgan fingerprint density at radius 2 is 2.00 bits per heavy atom. The number of nitro groups is 1. The van der Waals surface area contributed by atoms with E-state index in [2.05, 4.69) is 0 Å². The van der Waals surface area contributed by atoms with Crippen LogP contribution in [0.3, 0.4) is 0 Å². The first-order valence-electron chi connectivity index (χ1n) is 0.534. The third kappa shape index (κ3) is 0.323. The van der Waals surface area contributed by atoms with E-state index in [0.29, 0.717) is 0 Å². The average molecular weight is 65.0 g/mol. The van der Waals surface area contributed by atoms with Crippen LogP contribution in [0.2, 0.25) is 0 Å². The highest BCUT2D eigenvalue weighted by Crippen LogP contribution is 1.54. The van der Waals surface area contributed by atoms with Gasteiger partial charge in [-0.1, -0.05) is 0 Å². The molecular weight excluding hydrogens is 65.0 g/mol. The standard InChI is InChI=1S/FNO2/c1-2(3)4. The Morgan fingerprint density at radius 3 is 2.00 bits per heavy atom. The molecule has 0 atom stereocenters. The maximum absolute atomic E-state index is 9.72. The third-order valence-corrected chi connectivity index (χ3v) is 0. The van der Waals surface area contributed by atoms with E-state index < -0.39 is 5.15 Å². The van der Waals surface area contributed by atoms with Gasteiger partial charge in [-0.15, -0.1) is 0 Å². The molecular formula is FNO2. The van der Waals surface area contributed by atoms with Crippen molar-refractivity contribution >= 4 is 0 Å². The molecule has 0 saturated heterocycles. The summed E-state index contributed by atoms with van der Waals surface area (Å²) in [6.07, 6.45) is 0. The van der Waals surface area contributed by atoms with Crippen LogP contribution in [0.4, 0.5) is 4.48 Å². The van der Waals surface area contributed by atoms with E-state index in [0.717, 1.165) is 0 Å². The van der Waals surface area contributed by atoms with Crippen LogP contribution in [0, 0.1) is 10.1 Å². The Balaban J connectivity index is 2.80. The van der Waals surface area contributed by atoms with Gasteiger partial charge in [0.2, 0.25) is 0 Å². The minimum absolute atomic E-state index is 2.00. The van der Waals surface area contributed by atoms with Crippen molar-refractivity contribution in [3.8, 4) is 0 Å². The van der Waals surface area contributed by atoms with Crippen molar-refractivity contribution in [2.75, 3.05) is 0 Å². The van der Waals surface area contributed by atoms with E-state index in [1.165, 1.54) is 0 Å². The molecule has 0 amide bonds. The van der Waals surface area contributed by atoms with Crippen molar-refractivity contribution < 1.29 is 9.63 Å². The SMILES string of the molecule is O=[N+]([O-])F. The number of hydrogen-bond donors (Lipinski definition) is 0. The predicted molar refractivity (Wildman–Crippen MR) is 8.10 cm³/mol. The van der Waals surface area contributed by atoms with Crippen LogP contribution in [0.15, 0.2) is 0 Å². The van der Waals surface area contributed by atoms with E-state index >= 15 is 0 Å². The summed E-state index contributed by atoms with van der Waals surface area (Å²) in [5.41, 5.74) is 0. The van der Waals surface area contributed by atoms with Crippen molar-refractivity contribution in [1.82, 2.24) is 0 Å². The fourth-order valence-corrected chi connectivity index (χ4v) is 0. The third-order valence-electron chi connectivity index (χ3n) is 0. The summed E-state index contributed by atoms with van der Waals surface area (Å²) in [6, 6.07) is 0. The summed E-state index contributed by atoms with van der Waals surface area (Å²) in [5, 5.41) is 6.14. The molecule has 4 heavy (non-hydrogen) atoms. The summed E-state index contributed by atoms with van der Waals surface area (Å²) < 4.78 is 9.72. The molecule has 0 radical (unpaired) electrons. The molecule has 24 valence electrons. The normalized spacial score (nSPS) is 6.25. The molecule has 0 N–H and O–H groups in total. The first-order chi connectivity index (χ1) is 1.73. The van der Waals surface area contributed by atoms with E-state index in [9.17, 15) is 4.48 Å². The highest BCUT2D eigenvalue weighted by molar-refractivity contribution is 3.84. The topological polar surface area (TPSA) is 43.1 Å². The van der Waals surface area contributed by atoms with Crippen LogP contribution in [0.1, 0.15) is 0 Å². The predicted octanol–water partition coefficient (Wildman–Crippen LogP) is 0.148. The Kier molecular flexibility index (Phi) is 0.632. The van der Waals surface area contributed by atoms with E-state index in [1.807, 2.05) is 0 Å². The number of halogens is 1. The van der Waals surface area contributed by atoms with Crippen LogP contribution < -0.4 is 0 Å². The summed E-state index contributed by atoms with van der Waals surface area (Å²) in [4.78, 5) is 8.14. The second kappa shape index (κ2) is 0.759. The van der Waals surface area contributed by atoms with Crippen molar-refractivity contribution in [2.24, 2.45) is 0 Å². The highest BCUT2D eigenvalue weighted by atomic mass is 19.2. The Hall–Kier alpha value is -0.670. The summed E-state index contributed by atoms with van der Waals surface area (Å²) in [7, 11) is 0. The quantitative estimate of drug-likeness (QED) is 0.229. The molecule has 0 heterocycles. The lowest BCUT2D eigenvalue weighted by molar-refractivity contribution is -0.672. The second-order valence-electron chi connectivity index (χ2n) is 0.213. The van der Waals surface area contributed by atoms with Crippen LogP contribution in [-0.2, 0) is 0 Å². The van der Waals surface area contributed by atoms with Crippen LogP contribution >= 0.6 is 0 Å². The average Bonchev–Trinajstić information content (AvgIpc) is 0.811. The Labute approximate surface area is 21.1 Å². The van der Waals surface area contributed by atoms with E-state index in [1.54, 1.807) is 0 Å². The first kappa shape index (κ1) is 3.33. The molecule has 0 saturated carbocycles. The first-order valence-corrected chi connectivity index (χ1v) is 0.534. The smallest absolute Gasteiger partial charge is 0.219 e. The molecule has 0 unspecified atom stereocenters. The van der Waals surface area contributed by atoms with Gasteiger partial charge in [0.1, 0.15) is 0 Å². The molecule has 3 nitrogen and oxygen atoms in total. The monoisotopic (exact) mass is 65.0 g/mol. The Morgan fingerprint density at radius 1 is 2.00 bits per heavy atom. The van der Waals surface area contributed by atoms with E-state index in [-0.39, 0.29) is 0 Å². The lowest BCUT2D eigenvalue weighted by Gasteiger charge is -1.50. The molecule has 0 aromatic heterocycles. The van der Waals surface area contributed by atoms with Gasteiger partial charge >= 0.3 is 0 Å². The van der Waals surface area contributed by atoms with Crippen molar-refractivity contribution in [3.05, 3.63) is 10.1 Å². The van der Waals surface area contributed by atoms with Crippen molar-refractivity contribution in [1.29, 1.82) is 0 Å². The van der Waals surface area contributed by atoms with E-state index in [4.69, 9.17) is 10.1 Å². The summed E-state index contributed by atoms with van der Waals surface area (Å²) in [5.74, 6) is 0. The van der Waals surface area contributed by atoms with Gasteiger partial charge < -0.3 is 0 Å². The van der Waals surface area contributed by atoms with Crippen LogP contribution in [0.5, 0.6) is 0 Å². The van der Waals surface area contributed by atoms with Gasteiger partial charge in [0, 0.05) is 0 Å². The molecule has 0 aromatic rings. The lowest BCUT2D eigenvalue weighted by Crippen LogP contribution is -1.69. The van der Waals surface area contributed by atoms with Gasteiger partial charge in [-0.3, -0.25) is 0 Å². The van der Waals surface area contributed by atoms with Gasteiger partial charge in [0.05, 0.1) is 0 Å². The Bertz CT molecular complexity index is 29.0. The largest absolute Gasteiger partial charge is 0.279 e. The molecule has 0 aliphatic rings. The van der Waals surface area contributed by atoms with Crippen LogP contribution in [-0.4, -0.2) is 5.15 Å². The molecule has 0 aliphatic carbocycles. The van der Waals surface area contributed by atoms with Gasteiger partial charge in [-0.05, 0) is 0 Å². The maximum atomic E-state index is 9.72. The molecule has 0 rings (SSSR count). The fourth-order valence-electron chi connectivity index (χ4n) is 0. The zero-order valence-corrected chi connectivity index (χ0v) is 1.64. The molecule has 0 spiro atoms. The molecule has 0 aromatic carbocycles. The second-order valence-corrected chi connectivity index (χ2v) is 0.213. The molecule has 0 bridgehead atoms. The molecule has 0 fully saturated rings. The summed E-state index contributed by atoms with van der Waals surface area (Å²) >= 11 is 0. The number of rotatable bonds is 0. The summed E-state index contributed by atoms with van der Waals surface area (Å²) in [6.45, 7) is 0. The fraction of sp³-hybridized carbons (Fsp3) is 0. The van der Waals surface area contributed by atoms with Crippen molar-refractivity contribution in [2.45, 2.75) is 0 Å². The molecule has 4 heteroatoms. The van der Waals surface area contributed by atoms with Gasteiger partial charge in [-0.2, -0.15) is 0 Å². The van der Waals surface area contributed by atoms with Crippen LogP contribution in [0.25, 0.3) is 0 Å². The maximum Gasteiger partial charge on any atom is 0.279 e. The zero-order chi connectivity index (χ0) is 3.58. The van der Waals surface area contributed by atoms with Gasteiger partial charge in [0.25, 0.3) is 5.15 Å². The molecule has 0 aliphatic heterocycles. The zero-order valence-electron chi connectivity index (χ0n) is 1.64. The van der Waals surface area contributed by atoms with Gasteiger partial charge in [0.15, 0.2) is 4.48 Å². The van der Waals surface area contributed by atoms with Crippen molar-refractivity contribution in [3.63, 3.8) is 0 Å². The minimum Gasteiger partial charge on any atom is -0.219 e. The lowest BCUT2D eigenvalue weighted by atomic mass is 13.3. The highest BCUT2D eigenvalue weighted by Gasteiger charge is 1.71. The number of hydrogen-bond acceptors (Lipinski definition) is 2. The van der Waals surface area contributed by atoms with Gasteiger partial charge in [-0.25, -0.2) is 10.1 Å². The minimum atomic E-state index is -2.00.